The van der Waals surface area contributed by atoms with Gasteiger partial charge in [-0.1, -0.05) is 0 Å². The third kappa shape index (κ3) is 5.29. The summed E-state index contributed by atoms with van der Waals surface area (Å²) in [4.78, 5) is 10.4. The molecule has 1 aliphatic rings. The van der Waals surface area contributed by atoms with E-state index in [9.17, 15) is 4.39 Å². The number of aromatic nitrogens is 2. The molecule has 6 nitrogen and oxygen atoms in total. The highest BCUT2D eigenvalue weighted by molar-refractivity contribution is 5.41. The first-order valence-electron chi connectivity index (χ1n) is 9.51. The number of ether oxygens (including phenoxy) is 2. The van der Waals surface area contributed by atoms with E-state index in [1.807, 2.05) is 13.8 Å². The molecule has 3 rings (SSSR count). The summed E-state index contributed by atoms with van der Waals surface area (Å²) in [6, 6.07) is 3.98. The molecule has 1 aromatic carbocycles. The number of anilines is 1. The van der Waals surface area contributed by atoms with Crippen LogP contribution in [-0.2, 0) is 6.54 Å². The van der Waals surface area contributed by atoms with Crippen molar-refractivity contribution >= 4 is 5.69 Å². The van der Waals surface area contributed by atoms with Crippen molar-refractivity contribution in [2.75, 3.05) is 31.6 Å². The van der Waals surface area contributed by atoms with Crippen molar-refractivity contribution in [2.24, 2.45) is 0 Å². The first-order chi connectivity index (χ1) is 13.2. The van der Waals surface area contributed by atoms with Gasteiger partial charge in [0, 0.05) is 25.7 Å². The summed E-state index contributed by atoms with van der Waals surface area (Å²) in [5.74, 6) is 0.105. The molecule has 1 aliphatic heterocycles. The van der Waals surface area contributed by atoms with Crippen molar-refractivity contribution in [3.8, 4) is 11.5 Å². The molecule has 0 amide bonds. The Labute approximate surface area is 159 Å². The first kappa shape index (κ1) is 19.4. The van der Waals surface area contributed by atoms with Crippen molar-refractivity contribution in [1.82, 2.24) is 14.9 Å². The number of nitrogens with one attached hydrogen (secondary N) is 1. The van der Waals surface area contributed by atoms with Crippen molar-refractivity contribution in [3.63, 3.8) is 0 Å². The maximum Gasteiger partial charge on any atom is 0.206 e. The summed E-state index contributed by atoms with van der Waals surface area (Å²) >= 11 is 0. The second-order valence-corrected chi connectivity index (χ2v) is 6.59. The fourth-order valence-electron chi connectivity index (χ4n) is 3.34. The highest BCUT2D eigenvalue weighted by Gasteiger charge is 2.21. The van der Waals surface area contributed by atoms with Crippen LogP contribution in [0.5, 0.6) is 11.5 Å². The molecule has 27 heavy (non-hydrogen) atoms. The molecule has 0 aliphatic carbocycles. The molecule has 0 saturated carbocycles. The van der Waals surface area contributed by atoms with Crippen molar-refractivity contribution in [3.05, 3.63) is 42.2 Å². The summed E-state index contributed by atoms with van der Waals surface area (Å²) in [5.41, 5.74) is 1.96. The maximum atomic E-state index is 14.4. The third-order valence-corrected chi connectivity index (χ3v) is 4.59. The Kier molecular flexibility index (Phi) is 6.81. The van der Waals surface area contributed by atoms with Crippen molar-refractivity contribution < 1.29 is 13.9 Å². The second kappa shape index (κ2) is 9.50. The van der Waals surface area contributed by atoms with Crippen LogP contribution in [0.2, 0.25) is 0 Å². The Balaban J connectivity index is 1.59. The number of piperidine rings is 1. The zero-order chi connectivity index (χ0) is 19.1. The van der Waals surface area contributed by atoms with Crippen LogP contribution in [0.1, 0.15) is 32.3 Å². The minimum Gasteiger partial charge on any atom is -0.491 e. The molecule has 146 valence electrons. The van der Waals surface area contributed by atoms with E-state index in [-0.39, 0.29) is 11.5 Å². The molecule has 0 bridgehead atoms. The molecule has 0 radical (unpaired) electrons. The van der Waals surface area contributed by atoms with E-state index in [4.69, 9.17) is 9.47 Å². The lowest BCUT2D eigenvalue weighted by Gasteiger charge is -2.32. The van der Waals surface area contributed by atoms with Gasteiger partial charge in [0.2, 0.25) is 5.82 Å². The molecule has 1 fully saturated rings. The van der Waals surface area contributed by atoms with Crippen LogP contribution in [0.4, 0.5) is 10.1 Å². The summed E-state index contributed by atoms with van der Waals surface area (Å²) in [6.07, 6.45) is 7.19. The number of nitrogens with zero attached hydrogens (tertiary/aromatic N) is 3. The molecule has 1 saturated heterocycles. The lowest BCUT2D eigenvalue weighted by molar-refractivity contribution is 0.210. The van der Waals surface area contributed by atoms with Gasteiger partial charge in [0.05, 0.1) is 31.3 Å². The SMILES string of the molecule is CCOc1cc(CN2CCC(Nc3cncnc3)CC2)cc(OCC)c1F. The fourth-order valence-corrected chi connectivity index (χ4v) is 3.34. The Hall–Kier alpha value is -2.41. The van der Waals surface area contributed by atoms with Crippen LogP contribution < -0.4 is 14.8 Å². The van der Waals surface area contributed by atoms with Gasteiger partial charge in [-0.3, -0.25) is 4.90 Å². The van der Waals surface area contributed by atoms with E-state index in [1.54, 1.807) is 24.5 Å². The molecule has 2 aromatic rings. The zero-order valence-corrected chi connectivity index (χ0v) is 15.9. The van der Waals surface area contributed by atoms with Gasteiger partial charge in [-0.2, -0.15) is 4.39 Å². The average molecular weight is 374 g/mol. The molecule has 0 unspecified atom stereocenters. The van der Waals surface area contributed by atoms with Gasteiger partial charge >= 0.3 is 0 Å². The van der Waals surface area contributed by atoms with Gasteiger partial charge in [-0.25, -0.2) is 9.97 Å². The molecule has 0 spiro atoms. The predicted molar refractivity (Wildman–Crippen MR) is 103 cm³/mol. The molecular formula is C20H27FN4O2. The van der Waals surface area contributed by atoms with E-state index in [0.717, 1.165) is 43.7 Å². The second-order valence-electron chi connectivity index (χ2n) is 6.59. The van der Waals surface area contributed by atoms with Crippen LogP contribution in [0.15, 0.2) is 30.9 Å². The Morgan fingerprint density at radius 3 is 2.22 bits per heavy atom. The summed E-state index contributed by atoms with van der Waals surface area (Å²) < 4.78 is 25.3. The van der Waals surface area contributed by atoms with Crippen LogP contribution in [-0.4, -0.2) is 47.2 Å². The number of benzene rings is 1. The third-order valence-electron chi connectivity index (χ3n) is 4.59. The van der Waals surface area contributed by atoms with Gasteiger partial charge in [0.15, 0.2) is 11.5 Å². The van der Waals surface area contributed by atoms with Gasteiger partial charge in [-0.05, 0) is 44.4 Å². The van der Waals surface area contributed by atoms with Gasteiger partial charge in [-0.15, -0.1) is 0 Å². The van der Waals surface area contributed by atoms with Gasteiger partial charge in [0.1, 0.15) is 6.33 Å². The zero-order valence-electron chi connectivity index (χ0n) is 15.9. The summed E-state index contributed by atoms with van der Waals surface area (Å²) in [7, 11) is 0. The number of hydrogen-bond donors (Lipinski definition) is 1. The van der Waals surface area contributed by atoms with Crippen LogP contribution in [0.3, 0.4) is 0 Å². The lowest BCUT2D eigenvalue weighted by Crippen LogP contribution is -2.38. The van der Waals surface area contributed by atoms with E-state index < -0.39 is 5.82 Å². The largest absolute Gasteiger partial charge is 0.491 e. The van der Waals surface area contributed by atoms with Crippen LogP contribution in [0.25, 0.3) is 0 Å². The van der Waals surface area contributed by atoms with E-state index >= 15 is 0 Å². The topological polar surface area (TPSA) is 59.5 Å². The maximum absolute atomic E-state index is 14.4. The fraction of sp³-hybridized carbons (Fsp3) is 0.500. The predicted octanol–water partition coefficient (Wildman–Crippen LogP) is 3.49. The van der Waals surface area contributed by atoms with E-state index in [0.29, 0.717) is 19.3 Å². The summed E-state index contributed by atoms with van der Waals surface area (Å²) in [5, 5.41) is 3.48. The Morgan fingerprint density at radius 1 is 1.07 bits per heavy atom. The lowest BCUT2D eigenvalue weighted by atomic mass is 10.0. The smallest absolute Gasteiger partial charge is 0.206 e. The van der Waals surface area contributed by atoms with Crippen LogP contribution in [0, 0.1) is 5.82 Å². The number of rotatable bonds is 8. The van der Waals surface area contributed by atoms with Crippen molar-refractivity contribution in [1.29, 1.82) is 0 Å². The summed E-state index contributed by atoms with van der Waals surface area (Å²) in [6.45, 7) is 7.23. The Bertz CT molecular complexity index is 694. The molecular weight excluding hydrogens is 347 g/mol. The monoisotopic (exact) mass is 374 g/mol. The minimum absolute atomic E-state index is 0.263. The minimum atomic E-state index is -0.421. The van der Waals surface area contributed by atoms with Gasteiger partial charge in [0.25, 0.3) is 0 Å². The highest BCUT2D eigenvalue weighted by Crippen LogP contribution is 2.30. The standard InChI is InChI=1S/C20H27FN4O2/c1-3-26-18-9-15(10-19(20(18)21)27-4-2)13-25-7-5-16(6-8-25)24-17-11-22-14-23-12-17/h9-12,14,16,24H,3-8,13H2,1-2H3. The number of halogens is 1. The first-order valence-corrected chi connectivity index (χ1v) is 9.51. The van der Waals surface area contributed by atoms with E-state index in [1.165, 1.54) is 6.33 Å². The molecule has 0 atom stereocenters. The number of hydrogen-bond acceptors (Lipinski definition) is 6. The average Bonchev–Trinajstić information content (AvgIpc) is 2.68. The quantitative estimate of drug-likeness (QED) is 0.763. The molecule has 1 aromatic heterocycles. The molecule has 7 heteroatoms. The molecule has 1 N–H and O–H groups in total. The normalized spacial score (nSPS) is 15.5. The van der Waals surface area contributed by atoms with Crippen molar-refractivity contribution in [2.45, 2.75) is 39.3 Å². The molecule has 2 heterocycles. The number of likely N-dealkylation sites (tertiary alicyclic amines) is 1. The highest BCUT2D eigenvalue weighted by atomic mass is 19.1. The Morgan fingerprint density at radius 2 is 1.67 bits per heavy atom. The van der Waals surface area contributed by atoms with Crippen LogP contribution >= 0.6 is 0 Å². The van der Waals surface area contributed by atoms with Gasteiger partial charge < -0.3 is 14.8 Å². The van der Waals surface area contributed by atoms with E-state index in [2.05, 4.69) is 20.2 Å².